The van der Waals surface area contributed by atoms with E-state index in [-0.39, 0.29) is 17.9 Å². The van der Waals surface area contributed by atoms with Crippen LogP contribution in [-0.4, -0.2) is 59.8 Å². The Balaban J connectivity index is 1.25. The molecule has 0 radical (unpaired) electrons. The van der Waals surface area contributed by atoms with E-state index in [2.05, 4.69) is 44.6 Å². The van der Waals surface area contributed by atoms with Crippen LogP contribution in [0, 0.1) is 5.82 Å². The molecule has 0 atom stereocenters. The van der Waals surface area contributed by atoms with Gasteiger partial charge in [0.25, 0.3) is 5.91 Å². The fourth-order valence-electron chi connectivity index (χ4n) is 3.79. The summed E-state index contributed by atoms with van der Waals surface area (Å²) in [5, 5.41) is 7.56. The van der Waals surface area contributed by atoms with Crippen LogP contribution in [0.3, 0.4) is 0 Å². The third-order valence-electron chi connectivity index (χ3n) is 5.72. The maximum atomic E-state index is 13.8. The Morgan fingerprint density at radius 3 is 2.62 bits per heavy atom. The molecule has 9 heteroatoms. The van der Waals surface area contributed by atoms with Gasteiger partial charge in [-0.05, 0) is 30.3 Å². The Morgan fingerprint density at radius 1 is 1.06 bits per heavy atom. The number of halogens is 1. The second-order valence-electron chi connectivity index (χ2n) is 8.43. The number of aromatic nitrogens is 1. The van der Waals surface area contributed by atoms with Gasteiger partial charge in [-0.3, -0.25) is 19.8 Å². The van der Waals surface area contributed by atoms with Gasteiger partial charge in [0.15, 0.2) is 5.13 Å². The Bertz CT molecular complexity index is 1140. The Labute approximate surface area is 202 Å². The first kappa shape index (κ1) is 24.0. The molecule has 0 unspecified atom stereocenters. The van der Waals surface area contributed by atoms with Gasteiger partial charge in [-0.25, -0.2) is 9.37 Å². The molecular weight excluding hydrogens is 453 g/mol. The third kappa shape index (κ3) is 6.69. The number of carbonyl (C=O) groups excluding carboxylic acids is 2. The molecule has 4 rings (SSSR count). The van der Waals surface area contributed by atoms with E-state index in [0.717, 1.165) is 38.3 Å². The fourth-order valence-corrected chi connectivity index (χ4v) is 4.49. The van der Waals surface area contributed by atoms with Crippen molar-refractivity contribution in [1.82, 2.24) is 20.1 Å². The third-order valence-corrected chi connectivity index (χ3v) is 6.52. The van der Waals surface area contributed by atoms with E-state index >= 15 is 0 Å². The number of nitrogens with one attached hydrogen (secondary N) is 2. The van der Waals surface area contributed by atoms with Crippen LogP contribution < -0.4 is 10.6 Å². The highest BCUT2D eigenvalue weighted by Crippen LogP contribution is 2.18. The lowest BCUT2D eigenvalue weighted by molar-refractivity contribution is -0.120. The van der Waals surface area contributed by atoms with Gasteiger partial charge in [-0.15, -0.1) is 11.3 Å². The van der Waals surface area contributed by atoms with E-state index in [4.69, 9.17) is 0 Å². The SMILES string of the molecule is CN1CCN(Cc2cccc(CNC(=O)Cc3csc(NC(=O)c4ccccc4F)n3)c2)CC1. The molecule has 0 bridgehead atoms. The zero-order chi connectivity index (χ0) is 23.9. The van der Waals surface area contributed by atoms with Crippen molar-refractivity contribution in [2.45, 2.75) is 19.5 Å². The molecule has 0 spiro atoms. The van der Waals surface area contributed by atoms with Crippen LogP contribution in [0.15, 0.2) is 53.9 Å². The maximum Gasteiger partial charge on any atom is 0.260 e. The number of hydrogen-bond acceptors (Lipinski definition) is 6. The Hall–Kier alpha value is -3.14. The number of nitrogens with zero attached hydrogens (tertiary/aromatic N) is 3. The first-order valence-electron chi connectivity index (χ1n) is 11.2. The molecule has 1 saturated heterocycles. The average Bonchev–Trinajstić information content (AvgIpc) is 3.26. The molecule has 1 fully saturated rings. The van der Waals surface area contributed by atoms with Crippen LogP contribution in [0.4, 0.5) is 9.52 Å². The number of amides is 2. The summed E-state index contributed by atoms with van der Waals surface area (Å²) in [6, 6.07) is 14.0. The van der Waals surface area contributed by atoms with E-state index in [1.165, 1.54) is 35.1 Å². The molecule has 178 valence electrons. The van der Waals surface area contributed by atoms with Crippen LogP contribution in [0.5, 0.6) is 0 Å². The number of carbonyl (C=O) groups is 2. The highest BCUT2D eigenvalue weighted by Gasteiger charge is 2.15. The largest absolute Gasteiger partial charge is 0.352 e. The zero-order valence-electron chi connectivity index (χ0n) is 19.1. The smallest absolute Gasteiger partial charge is 0.260 e. The summed E-state index contributed by atoms with van der Waals surface area (Å²) in [6.45, 7) is 5.65. The van der Waals surface area contributed by atoms with Crippen LogP contribution >= 0.6 is 11.3 Å². The Morgan fingerprint density at radius 2 is 1.82 bits per heavy atom. The normalized spacial score (nSPS) is 14.6. The minimum Gasteiger partial charge on any atom is -0.352 e. The minimum absolute atomic E-state index is 0.0492. The van der Waals surface area contributed by atoms with E-state index in [1.807, 2.05) is 12.1 Å². The minimum atomic E-state index is -0.594. The molecule has 1 aliphatic heterocycles. The molecule has 0 aliphatic carbocycles. The number of thiazole rings is 1. The number of piperazine rings is 1. The number of rotatable bonds is 8. The summed E-state index contributed by atoms with van der Waals surface area (Å²) in [6.07, 6.45) is 0.104. The molecule has 1 aromatic heterocycles. The monoisotopic (exact) mass is 481 g/mol. The van der Waals surface area contributed by atoms with E-state index < -0.39 is 11.7 Å². The van der Waals surface area contributed by atoms with Crippen molar-refractivity contribution in [3.8, 4) is 0 Å². The molecule has 3 aromatic rings. The van der Waals surface area contributed by atoms with Crippen molar-refractivity contribution in [1.29, 1.82) is 0 Å². The van der Waals surface area contributed by atoms with Crippen molar-refractivity contribution in [3.05, 3.63) is 82.1 Å². The molecule has 2 aromatic carbocycles. The quantitative estimate of drug-likeness (QED) is 0.517. The van der Waals surface area contributed by atoms with Crippen LogP contribution in [-0.2, 0) is 24.3 Å². The van der Waals surface area contributed by atoms with Gasteiger partial charge in [0, 0.05) is 44.6 Å². The van der Waals surface area contributed by atoms with Crippen molar-refractivity contribution in [2.24, 2.45) is 0 Å². The number of hydrogen-bond donors (Lipinski definition) is 2. The molecule has 1 aliphatic rings. The van der Waals surface area contributed by atoms with E-state index in [0.29, 0.717) is 17.4 Å². The van der Waals surface area contributed by atoms with E-state index in [1.54, 1.807) is 11.4 Å². The summed E-state index contributed by atoms with van der Waals surface area (Å²) in [4.78, 5) is 33.7. The number of anilines is 1. The highest BCUT2D eigenvalue weighted by atomic mass is 32.1. The maximum absolute atomic E-state index is 13.8. The second kappa shape index (κ2) is 11.3. The lowest BCUT2D eigenvalue weighted by Gasteiger charge is -2.32. The van der Waals surface area contributed by atoms with Gasteiger partial charge in [0.1, 0.15) is 5.82 Å². The summed E-state index contributed by atoms with van der Waals surface area (Å²) in [5.41, 5.74) is 2.80. The molecular formula is C25H28FN5O2S. The van der Waals surface area contributed by atoms with Gasteiger partial charge >= 0.3 is 0 Å². The molecule has 2 heterocycles. The lowest BCUT2D eigenvalue weighted by Crippen LogP contribution is -2.43. The summed E-state index contributed by atoms with van der Waals surface area (Å²) < 4.78 is 13.8. The molecule has 34 heavy (non-hydrogen) atoms. The highest BCUT2D eigenvalue weighted by molar-refractivity contribution is 7.14. The molecule has 0 saturated carbocycles. The van der Waals surface area contributed by atoms with Crippen LogP contribution in [0.1, 0.15) is 27.2 Å². The summed E-state index contributed by atoms with van der Waals surface area (Å²) in [5.74, 6) is -1.31. The predicted molar refractivity (Wildman–Crippen MR) is 131 cm³/mol. The molecule has 2 amide bonds. The first-order valence-corrected chi connectivity index (χ1v) is 12.1. The molecule has 7 nitrogen and oxygen atoms in total. The van der Waals surface area contributed by atoms with Gasteiger partial charge in [-0.2, -0.15) is 0 Å². The van der Waals surface area contributed by atoms with Gasteiger partial charge in [0.05, 0.1) is 17.7 Å². The van der Waals surface area contributed by atoms with Crippen LogP contribution in [0.2, 0.25) is 0 Å². The topological polar surface area (TPSA) is 77.6 Å². The summed E-state index contributed by atoms with van der Waals surface area (Å²) in [7, 11) is 2.15. The average molecular weight is 482 g/mol. The molecule has 2 N–H and O–H groups in total. The zero-order valence-corrected chi connectivity index (χ0v) is 19.9. The van der Waals surface area contributed by atoms with Gasteiger partial charge < -0.3 is 10.2 Å². The van der Waals surface area contributed by atoms with Gasteiger partial charge in [0.2, 0.25) is 5.91 Å². The van der Waals surface area contributed by atoms with E-state index in [9.17, 15) is 14.0 Å². The predicted octanol–water partition coefficient (Wildman–Crippen LogP) is 3.14. The number of benzene rings is 2. The van der Waals surface area contributed by atoms with Gasteiger partial charge in [-0.1, -0.05) is 36.4 Å². The summed E-state index contributed by atoms with van der Waals surface area (Å²) >= 11 is 1.20. The van der Waals surface area contributed by atoms with Crippen molar-refractivity contribution >= 4 is 28.3 Å². The number of likely N-dealkylation sites (N-methyl/N-ethyl adjacent to an activating group) is 1. The second-order valence-corrected chi connectivity index (χ2v) is 9.29. The standard InChI is InChI=1S/C25H28FN5O2S/c1-30-9-11-31(12-10-30)16-19-6-4-5-18(13-19)15-27-23(32)14-20-17-34-25(28-20)29-24(33)21-7-2-3-8-22(21)26/h2-8,13,17H,9-12,14-16H2,1H3,(H,27,32)(H,28,29,33). The van der Waals surface area contributed by atoms with Crippen molar-refractivity contribution in [2.75, 3.05) is 38.5 Å². The van der Waals surface area contributed by atoms with Crippen LogP contribution in [0.25, 0.3) is 0 Å². The van der Waals surface area contributed by atoms with Crippen molar-refractivity contribution in [3.63, 3.8) is 0 Å². The lowest BCUT2D eigenvalue weighted by atomic mass is 10.1. The Kier molecular flexibility index (Phi) is 7.99. The van der Waals surface area contributed by atoms with Crippen molar-refractivity contribution < 1.29 is 14.0 Å². The first-order chi connectivity index (χ1) is 16.5. The fraction of sp³-hybridized carbons (Fsp3) is 0.320.